The molecule has 0 aliphatic heterocycles. The SMILES string of the molecule is CCP(C)(C)(C)OP(=O)(OC)OC. The van der Waals surface area contributed by atoms with Gasteiger partial charge in [-0.15, -0.1) is 0 Å². The van der Waals surface area contributed by atoms with Crippen molar-refractivity contribution in [1.29, 1.82) is 0 Å². The standard InChI is InChI=1S/C7H20O4P2/c1-7-13(4,5,6)11-12(8,9-2)10-3/h7H2,1-6H3. The average molecular weight is 230 g/mol. The van der Waals surface area contributed by atoms with Crippen molar-refractivity contribution in [2.45, 2.75) is 6.92 Å². The zero-order valence-corrected chi connectivity index (χ0v) is 11.0. The Labute approximate surface area is 80.6 Å². The van der Waals surface area contributed by atoms with Crippen LogP contribution in [0.3, 0.4) is 0 Å². The second kappa shape index (κ2) is 3.96. The van der Waals surface area contributed by atoms with E-state index in [1.54, 1.807) is 0 Å². The van der Waals surface area contributed by atoms with E-state index in [0.29, 0.717) is 0 Å². The Morgan fingerprint density at radius 2 is 1.54 bits per heavy atom. The van der Waals surface area contributed by atoms with Gasteiger partial charge in [0.1, 0.15) is 0 Å². The van der Waals surface area contributed by atoms with Crippen molar-refractivity contribution in [2.24, 2.45) is 0 Å². The third kappa shape index (κ3) is 4.53. The maximum atomic E-state index is 11.7. The predicted molar refractivity (Wildman–Crippen MR) is 57.9 cm³/mol. The first kappa shape index (κ1) is 13.5. The fourth-order valence-corrected chi connectivity index (χ4v) is 4.68. The Morgan fingerprint density at radius 1 is 1.15 bits per heavy atom. The molecular weight excluding hydrogens is 210 g/mol. The predicted octanol–water partition coefficient (Wildman–Crippen LogP) is 2.78. The molecule has 0 aliphatic rings. The summed E-state index contributed by atoms with van der Waals surface area (Å²) < 4.78 is 26.7. The second-order valence-electron chi connectivity index (χ2n) is 4.18. The van der Waals surface area contributed by atoms with Crippen LogP contribution in [0.4, 0.5) is 0 Å². The van der Waals surface area contributed by atoms with Crippen LogP contribution >= 0.6 is 14.7 Å². The van der Waals surface area contributed by atoms with Crippen molar-refractivity contribution in [1.82, 2.24) is 0 Å². The first-order valence-corrected chi connectivity index (χ1v) is 9.24. The van der Waals surface area contributed by atoms with Gasteiger partial charge >= 0.3 is 79.9 Å². The van der Waals surface area contributed by atoms with Crippen LogP contribution in [0.5, 0.6) is 0 Å². The molecule has 0 spiro atoms. The molecule has 6 heteroatoms. The van der Waals surface area contributed by atoms with E-state index in [2.05, 4.69) is 0 Å². The molecule has 0 aromatic carbocycles. The quantitative estimate of drug-likeness (QED) is 0.681. The van der Waals surface area contributed by atoms with Gasteiger partial charge in [0.25, 0.3) is 0 Å². The van der Waals surface area contributed by atoms with Gasteiger partial charge in [0.2, 0.25) is 0 Å². The van der Waals surface area contributed by atoms with Gasteiger partial charge in [0.15, 0.2) is 0 Å². The number of hydrogen-bond donors (Lipinski definition) is 0. The summed E-state index contributed by atoms with van der Waals surface area (Å²) in [5.74, 6) is 0. The van der Waals surface area contributed by atoms with Crippen molar-refractivity contribution >= 4 is 14.7 Å². The molecule has 0 atom stereocenters. The average Bonchev–Trinajstić information content (AvgIpc) is 2.03. The molecule has 0 bridgehead atoms. The van der Waals surface area contributed by atoms with Crippen molar-refractivity contribution in [3.8, 4) is 0 Å². The molecule has 0 aromatic heterocycles. The molecule has 0 aliphatic carbocycles. The Hall–Kier alpha value is 0.540. The molecule has 82 valence electrons. The van der Waals surface area contributed by atoms with Crippen LogP contribution in [0.2, 0.25) is 0 Å². The van der Waals surface area contributed by atoms with Gasteiger partial charge in [-0.3, -0.25) is 0 Å². The van der Waals surface area contributed by atoms with Crippen LogP contribution in [-0.4, -0.2) is 40.4 Å². The monoisotopic (exact) mass is 230 g/mol. The minimum absolute atomic E-state index is 0.836. The Kier molecular flexibility index (Phi) is 4.12. The number of phosphoric acid groups is 1. The van der Waals surface area contributed by atoms with E-state index in [1.807, 2.05) is 26.9 Å². The van der Waals surface area contributed by atoms with Gasteiger partial charge in [-0.05, 0) is 0 Å². The topological polar surface area (TPSA) is 44.8 Å². The summed E-state index contributed by atoms with van der Waals surface area (Å²) in [7, 11) is -0.675. The van der Waals surface area contributed by atoms with Crippen molar-refractivity contribution in [2.75, 3.05) is 40.4 Å². The number of rotatable bonds is 5. The third-order valence-corrected chi connectivity index (χ3v) is 8.20. The zero-order chi connectivity index (χ0) is 10.8. The van der Waals surface area contributed by atoms with Crippen molar-refractivity contribution < 1.29 is 17.9 Å². The molecule has 0 N–H and O–H groups in total. The summed E-state index contributed by atoms with van der Waals surface area (Å²) in [6, 6.07) is 0. The molecule has 0 amide bonds. The van der Waals surface area contributed by atoms with Gasteiger partial charge in [0.05, 0.1) is 0 Å². The summed E-state index contributed by atoms with van der Waals surface area (Å²) in [6.45, 7) is 5.62. The Balaban J connectivity index is 4.69. The number of hydrogen-bond acceptors (Lipinski definition) is 4. The third-order valence-electron chi connectivity index (χ3n) is 1.93. The molecule has 0 saturated carbocycles. The molecular formula is C7H20O4P2. The number of phosphoric ester groups is 1. The molecule has 0 heterocycles. The summed E-state index contributed by atoms with van der Waals surface area (Å²) in [5.41, 5.74) is 0. The fraction of sp³-hybridized carbons (Fsp3) is 1.00. The van der Waals surface area contributed by atoms with E-state index < -0.39 is 14.7 Å². The summed E-state index contributed by atoms with van der Waals surface area (Å²) >= 11 is 0. The van der Waals surface area contributed by atoms with E-state index in [0.717, 1.165) is 6.16 Å². The van der Waals surface area contributed by atoms with E-state index in [9.17, 15) is 4.57 Å². The Morgan fingerprint density at radius 3 is 1.77 bits per heavy atom. The molecule has 0 fully saturated rings. The fourth-order valence-electron chi connectivity index (χ4n) is 0.570. The van der Waals surface area contributed by atoms with E-state index >= 15 is 0 Å². The first-order chi connectivity index (χ1) is 5.66. The van der Waals surface area contributed by atoms with Gasteiger partial charge in [-0.2, -0.15) is 0 Å². The molecule has 0 radical (unpaired) electrons. The van der Waals surface area contributed by atoms with Gasteiger partial charge in [-0.25, -0.2) is 0 Å². The van der Waals surface area contributed by atoms with Crippen LogP contribution in [0, 0.1) is 0 Å². The zero-order valence-electron chi connectivity index (χ0n) is 9.23. The van der Waals surface area contributed by atoms with E-state index in [4.69, 9.17) is 13.4 Å². The van der Waals surface area contributed by atoms with E-state index in [-0.39, 0.29) is 0 Å². The molecule has 0 saturated heterocycles. The molecule has 13 heavy (non-hydrogen) atoms. The molecule has 0 aromatic rings. The van der Waals surface area contributed by atoms with Crippen LogP contribution in [-0.2, 0) is 17.9 Å². The summed E-state index contributed by atoms with van der Waals surface area (Å²) in [6.07, 6.45) is 0.836. The van der Waals surface area contributed by atoms with Crippen molar-refractivity contribution in [3.63, 3.8) is 0 Å². The normalized spacial score (nSPS) is 16.6. The molecule has 4 nitrogen and oxygen atoms in total. The van der Waals surface area contributed by atoms with Crippen molar-refractivity contribution in [3.05, 3.63) is 0 Å². The Bertz CT molecular complexity index is 210. The maximum absolute atomic E-state index is 11.7. The minimum atomic E-state index is -3.33. The van der Waals surface area contributed by atoms with Gasteiger partial charge in [0, 0.05) is 0 Å². The first-order valence-electron chi connectivity index (χ1n) is 4.09. The van der Waals surface area contributed by atoms with Crippen LogP contribution in [0.15, 0.2) is 0 Å². The van der Waals surface area contributed by atoms with Crippen LogP contribution in [0.1, 0.15) is 6.92 Å². The van der Waals surface area contributed by atoms with Gasteiger partial charge < -0.3 is 0 Å². The molecule has 0 rings (SSSR count). The van der Waals surface area contributed by atoms with Gasteiger partial charge in [-0.1, -0.05) is 0 Å². The second-order valence-corrected chi connectivity index (χ2v) is 13.0. The van der Waals surface area contributed by atoms with Crippen LogP contribution in [0.25, 0.3) is 0 Å². The summed E-state index contributed by atoms with van der Waals surface area (Å²) in [5, 5.41) is 0. The summed E-state index contributed by atoms with van der Waals surface area (Å²) in [4.78, 5) is 0. The van der Waals surface area contributed by atoms with E-state index in [1.165, 1.54) is 14.2 Å². The van der Waals surface area contributed by atoms with Crippen LogP contribution < -0.4 is 0 Å². The molecule has 0 unspecified atom stereocenters.